The fourth-order valence-corrected chi connectivity index (χ4v) is 4.67. The molecule has 0 aliphatic carbocycles. The third-order valence-electron chi connectivity index (χ3n) is 5.92. The van der Waals surface area contributed by atoms with Gasteiger partial charge in [0.2, 0.25) is 0 Å². The first-order valence-corrected chi connectivity index (χ1v) is 11.2. The number of amidine groups is 1. The monoisotopic (exact) mass is 517 g/mol. The lowest BCUT2D eigenvalue weighted by molar-refractivity contribution is -0.275. The van der Waals surface area contributed by atoms with Gasteiger partial charge in [-0.3, -0.25) is 4.79 Å². The molecular formula is C23H21Cl2F4N3O2. The first-order chi connectivity index (χ1) is 15.8. The number of halogens is 6. The molecule has 2 aromatic carbocycles. The maximum atomic E-state index is 14.2. The van der Waals surface area contributed by atoms with Crippen molar-refractivity contribution in [3.05, 3.63) is 67.9 Å². The van der Waals surface area contributed by atoms with Crippen LogP contribution in [0.15, 0.2) is 29.4 Å². The van der Waals surface area contributed by atoms with Gasteiger partial charge in [-0.25, -0.2) is 4.39 Å². The van der Waals surface area contributed by atoms with Crippen molar-refractivity contribution in [3.63, 3.8) is 0 Å². The largest absolute Gasteiger partial charge is 0.435 e. The minimum atomic E-state index is -4.88. The lowest BCUT2D eigenvalue weighted by Gasteiger charge is -2.30. The van der Waals surface area contributed by atoms with Crippen LogP contribution in [0.25, 0.3) is 0 Å². The molecular weight excluding hydrogens is 497 g/mol. The molecule has 0 bridgehead atoms. The number of benzene rings is 2. The predicted octanol–water partition coefficient (Wildman–Crippen LogP) is 6.09. The van der Waals surface area contributed by atoms with E-state index in [9.17, 15) is 22.4 Å². The Labute approximate surface area is 203 Å². The molecule has 2 heterocycles. The lowest BCUT2D eigenvalue weighted by Crippen LogP contribution is -2.44. The average molecular weight is 518 g/mol. The molecule has 0 saturated carbocycles. The topological polar surface area (TPSA) is 53.9 Å². The minimum absolute atomic E-state index is 0.0365. The average Bonchev–Trinajstić information content (AvgIpc) is 3.35. The standard InChI is InChI=1S/C23H21Cl2F4N3O2/c1-11(2)30-21(33)16-5-14-10-32(9-13(14)4-12(16)3)19-8-22(34-31-19,23(27,28)29)15-6-17(24)20(26)18(25)7-15/h4-7,11H,8-10H2,1-3H3,(H,30,33). The summed E-state index contributed by atoms with van der Waals surface area (Å²) in [7, 11) is 0. The molecule has 2 aromatic rings. The van der Waals surface area contributed by atoms with Gasteiger partial charge in [-0.1, -0.05) is 34.4 Å². The SMILES string of the molecule is Cc1cc2c(cc1C(=O)NC(C)C)CN(C1=NOC(c3cc(Cl)c(F)c(Cl)c3)(C(F)(F)F)C1)C2. The van der Waals surface area contributed by atoms with Crippen molar-refractivity contribution in [1.29, 1.82) is 0 Å². The van der Waals surface area contributed by atoms with E-state index in [4.69, 9.17) is 28.0 Å². The third kappa shape index (κ3) is 4.20. The van der Waals surface area contributed by atoms with E-state index in [1.165, 1.54) is 0 Å². The van der Waals surface area contributed by atoms with E-state index in [2.05, 4.69) is 10.5 Å². The molecule has 1 unspecified atom stereocenters. The van der Waals surface area contributed by atoms with Crippen LogP contribution in [0.4, 0.5) is 17.6 Å². The molecule has 1 amide bonds. The van der Waals surface area contributed by atoms with Crippen LogP contribution in [0.2, 0.25) is 10.0 Å². The van der Waals surface area contributed by atoms with Crippen LogP contribution in [0.3, 0.4) is 0 Å². The maximum absolute atomic E-state index is 14.2. The molecule has 0 saturated heterocycles. The highest BCUT2D eigenvalue weighted by Gasteiger charge is 2.63. The quantitative estimate of drug-likeness (QED) is 0.396. The normalized spacial score (nSPS) is 19.8. The number of hydrogen-bond donors (Lipinski definition) is 1. The van der Waals surface area contributed by atoms with Crippen molar-refractivity contribution in [2.45, 2.75) is 58.1 Å². The fraction of sp³-hybridized carbons (Fsp3) is 0.391. The summed E-state index contributed by atoms with van der Waals surface area (Å²) in [5, 5.41) is 5.52. The van der Waals surface area contributed by atoms with Crippen molar-refractivity contribution in [2.24, 2.45) is 5.16 Å². The molecule has 0 radical (unpaired) electrons. The van der Waals surface area contributed by atoms with E-state index < -0.39 is 39.6 Å². The Bertz CT molecular complexity index is 1180. The summed E-state index contributed by atoms with van der Waals surface area (Å²) in [5.41, 5.74) is -0.299. The molecule has 4 rings (SSSR count). The Kier molecular flexibility index (Phi) is 6.23. The van der Waals surface area contributed by atoms with Gasteiger partial charge in [-0.05, 0) is 55.7 Å². The Morgan fingerprint density at radius 1 is 1.15 bits per heavy atom. The van der Waals surface area contributed by atoms with Crippen LogP contribution < -0.4 is 5.32 Å². The van der Waals surface area contributed by atoms with Crippen LogP contribution in [0.1, 0.15) is 52.9 Å². The highest BCUT2D eigenvalue weighted by Crippen LogP contribution is 2.50. The number of alkyl halides is 3. The highest BCUT2D eigenvalue weighted by atomic mass is 35.5. The second kappa shape index (κ2) is 8.61. The lowest BCUT2D eigenvalue weighted by atomic mass is 9.89. The molecule has 2 aliphatic heterocycles. The Balaban J connectivity index is 1.61. The second-order valence-corrected chi connectivity index (χ2v) is 9.59. The van der Waals surface area contributed by atoms with Crippen molar-refractivity contribution in [3.8, 4) is 0 Å². The van der Waals surface area contributed by atoms with Gasteiger partial charge in [0.1, 0.15) is 5.84 Å². The molecule has 0 spiro atoms. The van der Waals surface area contributed by atoms with Gasteiger partial charge in [-0.15, -0.1) is 0 Å². The molecule has 0 aromatic heterocycles. The zero-order valence-electron chi connectivity index (χ0n) is 18.5. The molecule has 1 atom stereocenters. The van der Waals surface area contributed by atoms with Crippen LogP contribution in [0.5, 0.6) is 0 Å². The van der Waals surface area contributed by atoms with Gasteiger partial charge in [0, 0.05) is 30.3 Å². The first kappa shape index (κ1) is 24.6. The van der Waals surface area contributed by atoms with Gasteiger partial charge in [0.05, 0.1) is 16.5 Å². The van der Waals surface area contributed by atoms with Crippen LogP contribution in [0, 0.1) is 12.7 Å². The summed E-state index contributed by atoms with van der Waals surface area (Å²) in [6.07, 6.45) is -5.52. The molecule has 0 fully saturated rings. The zero-order valence-corrected chi connectivity index (χ0v) is 20.0. The van der Waals surface area contributed by atoms with E-state index in [0.717, 1.165) is 28.8 Å². The zero-order chi connectivity index (χ0) is 25.0. The summed E-state index contributed by atoms with van der Waals surface area (Å²) in [6, 6.07) is 5.30. The van der Waals surface area contributed by atoms with E-state index in [1.807, 2.05) is 26.8 Å². The van der Waals surface area contributed by atoms with Gasteiger partial charge >= 0.3 is 6.18 Å². The Morgan fingerprint density at radius 2 is 1.74 bits per heavy atom. The predicted molar refractivity (Wildman–Crippen MR) is 120 cm³/mol. The minimum Gasteiger partial charge on any atom is -0.372 e. The Hall–Kier alpha value is -2.52. The van der Waals surface area contributed by atoms with E-state index in [-0.39, 0.29) is 24.3 Å². The summed E-state index contributed by atoms with van der Waals surface area (Å²) in [6.45, 7) is 6.09. The van der Waals surface area contributed by atoms with Crippen LogP contribution in [-0.4, -0.2) is 28.9 Å². The van der Waals surface area contributed by atoms with Gasteiger partial charge in [0.15, 0.2) is 5.82 Å². The van der Waals surface area contributed by atoms with Gasteiger partial charge < -0.3 is 15.1 Å². The summed E-state index contributed by atoms with van der Waals surface area (Å²) in [4.78, 5) is 19.2. The van der Waals surface area contributed by atoms with Gasteiger partial charge in [0.25, 0.3) is 11.5 Å². The number of carbonyl (C=O) groups excluding carboxylic acids is 1. The number of hydrogen-bond acceptors (Lipinski definition) is 4. The van der Waals surface area contributed by atoms with Crippen LogP contribution in [-0.2, 0) is 23.5 Å². The molecule has 182 valence electrons. The number of rotatable bonds is 3. The van der Waals surface area contributed by atoms with Crippen molar-refractivity contribution in [1.82, 2.24) is 10.2 Å². The molecule has 11 heteroatoms. The van der Waals surface area contributed by atoms with Crippen molar-refractivity contribution in [2.75, 3.05) is 0 Å². The van der Waals surface area contributed by atoms with E-state index in [0.29, 0.717) is 12.1 Å². The smallest absolute Gasteiger partial charge is 0.372 e. The summed E-state index contributed by atoms with van der Waals surface area (Å²) in [5.74, 6) is -1.14. The number of fused-ring (bicyclic) bond motifs is 1. The number of nitrogens with one attached hydrogen (secondary N) is 1. The highest BCUT2D eigenvalue weighted by molar-refractivity contribution is 6.35. The Morgan fingerprint density at radius 3 is 2.29 bits per heavy atom. The fourth-order valence-electron chi connectivity index (χ4n) is 4.19. The first-order valence-electron chi connectivity index (χ1n) is 10.5. The number of aryl methyl sites for hydroxylation is 1. The van der Waals surface area contributed by atoms with E-state index in [1.54, 1.807) is 11.0 Å². The van der Waals surface area contributed by atoms with Crippen LogP contribution >= 0.6 is 23.2 Å². The van der Waals surface area contributed by atoms with Crippen molar-refractivity contribution < 1.29 is 27.2 Å². The number of amides is 1. The molecule has 1 N–H and O–H groups in total. The summed E-state index contributed by atoms with van der Waals surface area (Å²) >= 11 is 11.5. The van der Waals surface area contributed by atoms with E-state index >= 15 is 0 Å². The van der Waals surface area contributed by atoms with Crippen molar-refractivity contribution >= 4 is 34.9 Å². The molecule has 34 heavy (non-hydrogen) atoms. The number of carbonyl (C=O) groups is 1. The summed E-state index contributed by atoms with van der Waals surface area (Å²) < 4.78 is 56.6. The third-order valence-corrected chi connectivity index (χ3v) is 6.47. The number of oxime groups is 1. The van der Waals surface area contributed by atoms with Gasteiger partial charge in [-0.2, -0.15) is 13.2 Å². The number of nitrogens with zero attached hydrogens (tertiary/aromatic N) is 2. The second-order valence-electron chi connectivity index (χ2n) is 8.77. The maximum Gasteiger partial charge on any atom is 0.435 e. The molecule has 2 aliphatic rings. The molecule has 5 nitrogen and oxygen atoms in total.